The summed E-state index contributed by atoms with van der Waals surface area (Å²) in [6.07, 6.45) is 1.22. The first-order chi connectivity index (χ1) is 7.22. The molecule has 1 aromatic rings. The van der Waals surface area contributed by atoms with E-state index in [-0.39, 0.29) is 6.61 Å². The van der Waals surface area contributed by atoms with Gasteiger partial charge in [0.15, 0.2) is 0 Å². The molecule has 1 aromatic carbocycles. The minimum atomic E-state index is -0.445. The first-order valence-electron chi connectivity index (χ1n) is 5.23. The molecule has 0 saturated heterocycles. The zero-order chi connectivity index (χ0) is 11.1. The predicted octanol–water partition coefficient (Wildman–Crippen LogP) is 1.37. The van der Waals surface area contributed by atoms with Gasteiger partial charge in [-0.15, -0.1) is 0 Å². The third-order valence-corrected chi connectivity index (χ3v) is 2.04. The summed E-state index contributed by atoms with van der Waals surface area (Å²) < 4.78 is 5.33. The van der Waals surface area contributed by atoms with Crippen LogP contribution < -0.4 is 4.74 Å². The van der Waals surface area contributed by atoms with Gasteiger partial charge in [-0.2, -0.15) is 0 Å². The van der Waals surface area contributed by atoms with Crippen molar-refractivity contribution in [2.45, 2.75) is 25.9 Å². The Balaban J connectivity index is 2.41. The second kappa shape index (κ2) is 6.43. The summed E-state index contributed by atoms with van der Waals surface area (Å²) in [6.45, 7) is 2.23. The first-order valence-corrected chi connectivity index (χ1v) is 5.23. The van der Waals surface area contributed by atoms with Crippen molar-refractivity contribution in [2.24, 2.45) is 0 Å². The molecule has 84 valence electrons. The Labute approximate surface area is 90.3 Å². The lowest BCUT2D eigenvalue weighted by molar-refractivity contribution is 0.122. The summed E-state index contributed by atoms with van der Waals surface area (Å²) in [5.41, 5.74) is 1.19. The van der Waals surface area contributed by atoms with Crippen molar-refractivity contribution in [2.75, 3.05) is 13.2 Å². The van der Waals surface area contributed by atoms with E-state index in [0.717, 1.165) is 18.6 Å². The smallest absolute Gasteiger partial charge is 0.119 e. The fourth-order valence-corrected chi connectivity index (χ4v) is 1.25. The maximum absolute atomic E-state index is 9.03. The average Bonchev–Trinajstić information content (AvgIpc) is 2.25. The first kappa shape index (κ1) is 12.0. The van der Waals surface area contributed by atoms with Crippen LogP contribution in [0.2, 0.25) is 0 Å². The number of aliphatic hydroxyl groups is 2. The van der Waals surface area contributed by atoms with E-state index in [1.807, 2.05) is 24.3 Å². The van der Waals surface area contributed by atoms with Crippen molar-refractivity contribution < 1.29 is 14.9 Å². The molecule has 1 rings (SSSR count). The van der Waals surface area contributed by atoms with Crippen LogP contribution in [0.4, 0.5) is 0 Å². The summed E-state index contributed by atoms with van der Waals surface area (Å²) in [5, 5.41) is 17.7. The Bertz CT molecular complexity index is 267. The van der Waals surface area contributed by atoms with Crippen molar-refractivity contribution in [1.29, 1.82) is 0 Å². The van der Waals surface area contributed by atoms with Gasteiger partial charge < -0.3 is 14.9 Å². The van der Waals surface area contributed by atoms with Gasteiger partial charge in [-0.3, -0.25) is 0 Å². The van der Waals surface area contributed by atoms with Crippen molar-refractivity contribution in [3.05, 3.63) is 29.8 Å². The van der Waals surface area contributed by atoms with E-state index < -0.39 is 6.10 Å². The van der Waals surface area contributed by atoms with Crippen LogP contribution in [0.3, 0.4) is 0 Å². The van der Waals surface area contributed by atoms with E-state index >= 15 is 0 Å². The van der Waals surface area contributed by atoms with E-state index in [4.69, 9.17) is 14.9 Å². The predicted molar refractivity (Wildman–Crippen MR) is 59.0 cm³/mol. The quantitative estimate of drug-likeness (QED) is 0.745. The van der Waals surface area contributed by atoms with E-state index in [9.17, 15) is 0 Å². The Morgan fingerprint density at radius 1 is 1.27 bits per heavy atom. The summed E-state index contributed by atoms with van der Waals surface area (Å²) in [5.74, 6) is 0.767. The van der Waals surface area contributed by atoms with Crippen LogP contribution in [0.1, 0.15) is 18.9 Å². The molecule has 0 fully saturated rings. The highest BCUT2D eigenvalue weighted by Crippen LogP contribution is 2.13. The zero-order valence-corrected chi connectivity index (χ0v) is 9.02. The lowest BCUT2D eigenvalue weighted by atomic mass is 10.1. The van der Waals surface area contributed by atoms with E-state index in [0.29, 0.717) is 6.61 Å². The number of ether oxygens (including phenoxy) is 1. The molecule has 0 saturated carbocycles. The minimum Gasteiger partial charge on any atom is -0.491 e. The van der Waals surface area contributed by atoms with Gasteiger partial charge in [0, 0.05) is 6.61 Å². The van der Waals surface area contributed by atoms with E-state index in [1.165, 1.54) is 5.56 Å². The molecule has 2 N–H and O–H groups in total. The zero-order valence-electron chi connectivity index (χ0n) is 9.02. The molecular formula is C12H18O3. The van der Waals surface area contributed by atoms with E-state index in [1.54, 1.807) is 6.92 Å². The molecule has 3 heteroatoms. The molecule has 0 spiro atoms. The van der Waals surface area contributed by atoms with Crippen LogP contribution in [-0.2, 0) is 6.42 Å². The molecule has 0 amide bonds. The maximum Gasteiger partial charge on any atom is 0.119 e. The maximum atomic E-state index is 9.03. The minimum absolute atomic E-state index is 0.222. The Hall–Kier alpha value is -1.06. The Kier molecular flexibility index (Phi) is 5.15. The van der Waals surface area contributed by atoms with Gasteiger partial charge in [-0.05, 0) is 37.5 Å². The largest absolute Gasteiger partial charge is 0.491 e. The van der Waals surface area contributed by atoms with Gasteiger partial charge in [-0.1, -0.05) is 12.1 Å². The van der Waals surface area contributed by atoms with Crippen molar-refractivity contribution in [1.82, 2.24) is 0 Å². The van der Waals surface area contributed by atoms with Gasteiger partial charge in [0.1, 0.15) is 12.4 Å². The highest BCUT2D eigenvalue weighted by Gasteiger charge is 1.98. The molecular weight excluding hydrogens is 192 g/mol. The SMILES string of the molecule is CC(O)COc1ccc(CCCO)cc1. The average molecular weight is 210 g/mol. The number of hydrogen-bond donors (Lipinski definition) is 2. The number of aryl methyl sites for hydroxylation is 1. The molecule has 0 aromatic heterocycles. The lowest BCUT2D eigenvalue weighted by Crippen LogP contribution is -2.12. The second-order valence-electron chi connectivity index (χ2n) is 3.63. The molecule has 0 aliphatic carbocycles. The molecule has 1 unspecified atom stereocenters. The molecule has 0 aliphatic rings. The standard InChI is InChI=1S/C12H18O3/c1-10(14)9-15-12-6-4-11(5-7-12)3-2-8-13/h4-7,10,13-14H,2-3,8-9H2,1H3. The number of benzene rings is 1. The third-order valence-electron chi connectivity index (χ3n) is 2.04. The Morgan fingerprint density at radius 3 is 2.47 bits per heavy atom. The van der Waals surface area contributed by atoms with Gasteiger partial charge in [-0.25, -0.2) is 0 Å². The molecule has 0 bridgehead atoms. The highest BCUT2D eigenvalue weighted by molar-refractivity contribution is 5.27. The Morgan fingerprint density at radius 2 is 1.93 bits per heavy atom. The van der Waals surface area contributed by atoms with Crippen LogP contribution >= 0.6 is 0 Å². The van der Waals surface area contributed by atoms with Crippen molar-refractivity contribution in [3.8, 4) is 5.75 Å². The van der Waals surface area contributed by atoms with Crippen molar-refractivity contribution in [3.63, 3.8) is 0 Å². The van der Waals surface area contributed by atoms with Crippen molar-refractivity contribution >= 4 is 0 Å². The summed E-state index contributed by atoms with van der Waals surface area (Å²) >= 11 is 0. The molecule has 0 heterocycles. The van der Waals surface area contributed by atoms with Crippen LogP contribution in [-0.4, -0.2) is 29.5 Å². The van der Waals surface area contributed by atoms with Gasteiger partial charge >= 0.3 is 0 Å². The molecule has 0 aliphatic heterocycles. The molecule has 1 atom stereocenters. The second-order valence-corrected chi connectivity index (χ2v) is 3.63. The summed E-state index contributed by atoms with van der Waals surface area (Å²) in [4.78, 5) is 0. The number of hydrogen-bond acceptors (Lipinski definition) is 3. The van der Waals surface area contributed by atoms with E-state index in [2.05, 4.69) is 0 Å². The normalized spacial score (nSPS) is 12.5. The summed E-state index contributed by atoms with van der Waals surface area (Å²) in [7, 11) is 0. The van der Waals surface area contributed by atoms with Gasteiger partial charge in [0.25, 0.3) is 0 Å². The topological polar surface area (TPSA) is 49.7 Å². The lowest BCUT2D eigenvalue weighted by Gasteiger charge is -2.08. The van der Waals surface area contributed by atoms with Gasteiger partial charge in [0.2, 0.25) is 0 Å². The van der Waals surface area contributed by atoms with Crippen LogP contribution in [0, 0.1) is 0 Å². The van der Waals surface area contributed by atoms with Crippen LogP contribution in [0.15, 0.2) is 24.3 Å². The third kappa shape index (κ3) is 4.81. The molecule has 15 heavy (non-hydrogen) atoms. The highest BCUT2D eigenvalue weighted by atomic mass is 16.5. The van der Waals surface area contributed by atoms with Crippen LogP contribution in [0.5, 0.6) is 5.75 Å². The summed E-state index contributed by atoms with van der Waals surface area (Å²) in [6, 6.07) is 7.73. The monoisotopic (exact) mass is 210 g/mol. The molecule has 0 radical (unpaired) electrons. The number of rotatable bonds is 6. The molecule has 3 nitrogen and oxygen atoms in total. The fraction of sp³-hybridized carbons (Fsp3) is 0.500. The number of aliphatic hydroxyl groups excluding tert-OH is 2. The fourth-order valence-electron chi connectivity index (χ4n) is 1.25. The van der Waals surface area contributed by atoms with Crippen LogP contribution in [0.25, 0.3) is 0 Å². The van der Waals surface area contributed by atoms with Gasteiger partial charge in [0.05, 0.1) is 6.10 Å².